The Hall–Kier alpha value is -2.84. The van der Waals surface area contributed by atoms with E-state index >= 15 is 0 Å². The number of hydrogen-bond donors (Lipinski definition) is 1. The zero-order valence-corrected chi connectivity index (χ0v) is 21.1. The molecule has 1 unspecified atom stereocenters. The van der Waals surface area contributed by atoms with Gasteiger partial charge in [-0.1, -0.05) is 47.6 Å². The van der Waals surface area contributed by atoms with Crippen LogP contribution in [0.1, 0.15) is 53.1 Å². The van der Waals surface area contributed by atoms with Crippen molar-refractivity contribution in [2.75, 3.05) is 17.6 Å². The zero-order chi connectivity index (χ0) is 24.2. The smallest absolute Gasteiger partial charge is 0.254 e. The number of halogens is 1. The molecule has 1 aliphatic heterocycles. The van der Waals surface area contributed by atoms with E-state index in [9.17, 15) is 9.59 Å². The first-order valence-corrected chi connectivity index (χ1v) is 12.7. The average molecular weight is 498 g/mol. The number of nitrogens with one attached hydrogen (secondary N) is 1. The number of nitrogens with zero attached hydrogens (tertiary/aromatic N) is 4. The first kappa shape index (κ1) is 24.3. The molecule has 9 heteroatoms. The molecule has 2 heterocycles. The minimum absolute atomic E-state index is 0.0246. The summed E-state index contributed by atoms with van der Waals surface area (Å²) in [6, 6.07) is 13.0. The number of aromatic nitrogens is 3. The maximum atomic E-state index is 13.3. The lowest BCUT2D eigenvalue weighted by Gasteiger charge is -2.25. The summed E-state index contributed by atoms with van der Waals surface area (Å²) in [6.07, 6.45) is 1.76. The fourth-order valence-corrected chi connectivity index (χ4v) is 5.18. The van der Waals surface area contributed by atoms with Gasteiger partial charge in [-0.25, -0.2) is 0 Å². The number of carbonyl (C=O) groups is 2. The molecule has 178 valence electrons. The topological polar surface area (TPSA) is 80.1 Å². The van der Waals surface area contributed by atoms with Crippen molar-refractivity contribution in [3.05, 3.63) is 70.0 Å². The summed E-state index contributed by atoms with van der Waals surface area (Å²) in [5.41, 5.74) is 3.31. The Morgan fingerprint density at radius 2 is 1.94 bits per heavy atom. The molecule has 2 aromatic carbocycles. The van der Waals surface area contributed by atoms with Crippen molar-refractivity contribution in [1.82, 2.24) is 19.7 Å². The van der Waals surface area contributed by atoms with E-state index in [1.165, 1.54) is 11.8 Å². The van der Waals surface area contributed by atoms with Crippen LogP contribution in [0.3, 0.4) is 0 Å². The van der Waals surface area contributed by atoms with Crippen LogP contribution in [0.2, 0.25) is 5.02 Å². The molecule has 0 bridgehead atoms. The molecule has 0 aliphatic carbocycles. The number of aryl methyl sites for hydroxylation is 2. The van der Waals surface area contributed by atoms with Gasteiger partial charge in [-0.2, -0.15) is 0 Å². The van der Waals surface area contributed by atoms with Gasteiger partial charge in [0.2, 0.25) is 5.91 Å². The molecule has 1 atom stereocenters. The van der Waals surface area contributed by atoms with E-state index in [4.69, 9.17) is 11.6 Å². The molecular formula is C25H28ClN5O2S. The van der Waals surface area contributed by atoms with Gasteiger partial charge in [0, 0.05) is 29.4 Å². The van der Waals surface area contributed by atoms with Crippen LogP contribution in [-0.4, -0.2) is 43.8 Å². The number of amides is 2. The fourth-order valence-electron chi connectivity index (χ4n) is 4.19. The molecule has 1 saturated heterocycles. The summed E-state index contributed by atoms with van der Waals surface area (Å²) in [7, 11) is 0. The number of likely N-dealkylation sites (tertiary alicyclic amines) is 1. The molecule has 34 heavy (non-hydrogen) atoms. The molecular weight excluding hydrogens is 470 g/mol. The second-order valence-corrected chi connectivity index (χ2v) is 9.71. The van der Waals surface area contributed by atoms with Gasteiger partial charge in [-0.3, -0.25) is 9.59 Å². The zero-order valence-electron chi connectivity index (χ0n) is 19.5. The third-order valence-electron chi connectivity index (χ3n) is 6.04. The SMILES string of the molecule is CCn1c(SCC(=O)Nc2ccc(C)c(Cl)c2)nnc1C1CCCN1C(=O)c1ccccc1C. The van der Waals surface area contributed by atoms with Crippen molar-refractivity contribution in [2.45, 2.75) is 51.4 Å². The molecule has 0 saturated carbocycles. The van der Waals surface area contributed by atoms with Crippen molar-refractivity contribution in [3.8, 4) is 0 Å². The lowest BCUT2D eigenvalue weighted by molar-refractivity contribution is -0.113. The van der Waals surface area contributed by atoms with Gasteiger partial charge in [-0.15, -0.1) is 10.2 Å². The Morgan fingerprint density at radius 3 is 2.68 bits per heavy atom. The summed E-state index contributed by atoms with van der Waals surface area (Å²) in [5.74, 6) is 0.848. The van der Waals surface area contributed by atoms with Crippen LogP contribution in [0.25, 0.3) is 0 Å². The van der Waals surface area contributed by atoms with E-state index in [1.807, 2.05) is 66.6 Å². The van der Waals surface area contributed by atoms with Gasteiger partial charge in [0.25, 0.3) is 5.91 Å². The Balaban J connectivity index is 1.46. The van der Waals surface area contributed by atoms with Crippen LogP contribution in [0.5, 0.6) is 0 Å². The number of carbonyl (C=O) groups excluding carboxylic acids is 2. The summed E-state index contributed by atoms with van der Waals surface area (Å²) in [4.78, 5) is 27.7. The molecule has 0 radical (unpaired) electrons. The molecule has 3 aromatic rings. The third-order valence-corrected chi connectivity index (χ3v) is 7.41. The Morgan fingerprint density at radius 1 is 1.15 bits per heavy atom. The Kier molecular flexibility index (Phi) is 7.58. The van der Waals surface area contributed by atoms with Crippen molar-refractivity contribution in [2.24, 2.45) is 0 Å². The number of thioether (sulfide) groups is 1. The number of rotatable bonds is 7. The molecule has 0 spiro atoms. The predicted molar refractivity (Wildman–Crippen MR) is 135 cm³/mol. The van der Waals surface area contributed by atoms with Gasteiger partial charge >= 0.3 is 0 Å². The number of hydrogen-bond acceptors (Lipinski definition) is 5. The number of benzene rings is 2. The van der Waals surface area contributed by atoms with E-state index in [0.717, 1.165) is 35.4 Å². The van der Waals surface area contributed by atoms with E-state index in [0.29, 0.717) is 29.0 Å². The van der Waals surface area contributed by atoms with E-state index in [2.05, 4.69) is 15.5 Å². The largest absolute Gasteiger partial charge is 0.328 e. The lowest BCUT2D eigenvalue weighted by atomic mass is 10.1. The van der Waals surface area contributed by atoms with Crippen molar-refractivity contribution < 1.29 is 9.59 Å². The first-order valence-electron chi connectivity index (χ1n) is 11.4. The standard InChI is InChI=1S/C25H28ClN5O2S/c1-4-30-23(21-10-7-13-31(21)24(33)19-9-6-5-8-16(19)2)28-29-25(30)34-15-22(32)27-18-12-11-17(3)20(26)14-18/h5-6,8-9,11-12,14,21H,4,7,10,13,15H2,1-3H3,(H,27,32). The lowest BCUT2D eigenvalue weighted by Crippen LogP contribution is -2.32. The highest BCUT2D eigenvalue weighted by Gasteiger charge is 2.35. The van der Waals surface area contributed by atoms with Gasteiger partial charge in [0.05, 0.1) is 11.8 Å². The van der Waals surface area contributed by atoms with Crippen LogP contribution in [0.4, 0.5) is 5.69 Å². The van der Waals surface area contributed by atoms with E-state index in [1.54, 1.807) is 6.07 Å². The van der Waals surface area contributed by atoms with E-state index < -0.39 is 0 Å². The molecule has 1 aromatic heterocycles. The van der Waals surface area contributed by atoms with Gasteiger partial charge in [0.15, 0.2) is 11.0 Å². The maximum absolute atomic E-state index is 13.3. The fraction of sp³-hybridized carbons (Fsp3) is 0.360. The predicted octanol–water partition coefficient (Wildman–Crippen LogP) is 5.28. The van der Waals surface area contributed by atoms with Gasteiger partial charge in [0.1, 0.15) is 0 Å². The van der Waals surface area contributed by atoms with Crippen LogP contribution in [0.15, 0.2) is 47.6 Å². The van der Waals surface area contributed by atoms with Crippen molar-refractivity contribution >= 4 is 40.9 Å². The maximum Gasteiger partial charge on any atom is 0.254 e. The van der Waals surface area contributed by atoms with E-state index in [-0.39, 0.29) is 23.6 Å². The molecule has 4 rings (SSSR count). The van der Waals surface area contributed by atoms with Gasteiger partial charge < -0.3 is 14.8 Å². The summed E-state index contributed by atoms with van der Waals surface area (Å²) < 4.78 is 2.01. The summed E-state index contributed by atoms with van der Waals surface area (Å²) in [5, 5.41) is 13.0. The average Bonchev–Trinajstić information content (AvgIpc) is 3.46. The minimum atomic E-state index is -0.144. The number of anilines is 1. The molecule has 7 nitrogen and oxygen atoms in total. The van der Waals surface area contributed by atoms with Crippen LogP contribution >= 0.6 is 23.4 Å². The summed E-state index contributed by atoms with van der Waals surface area (Å²) in [6.45, 7) is 7.24. The normalized spacial score (nSPS) is 15.5. The van der Waals surface area contributed by atoms with Crippen LogP contribution in [0, 0.1) is 13.8 Å². The second kappa shape index (κ2) is 10.6. The highest BCUT2D eigenvalue weighted by Crippen LogP contribution is 2.34. The first-order chi connectivity index (χ1) is 16.4. The highest BCUT2D eigenvalue weighted by atomic mass is 35.5. The Bertz CT molecular complexity index is 1210. The molecule has 1 fully saturated rings. The quantitative estimate of drug-likeness (QED) is 0.449. The monoisotopic (exact) mass is 497 g/mol. The highest BCUT2D eigenvalue weighted by molar-refractivity contribution is 7.99. The van der Waals surface area contributed by atoms with Crippen molar-refractivity contribution in [1.29, 1.82) is 0 Å². The second-order valence-electron chi connectivity index (χ2n) is 8.36. The van der Waals surface area contributed by atoms with Crippen molar-refractivity contribution in [3.63, 3.8) is 0 Å². The van der Waals surface area contributed by atoms with Crippen LogP contribution in [-0.2, 0) is 11.3 Å². The van der Waals surface area contributed by atoms with Gasteiger partial charge in [-0.05, 0) is 62.9 Å². The van der Waals surface area contributed by atoms with Crippen LogP contribution < -0.4 is 5.32 Å². The summed E-state index contributed by atoms with van der Waals surface area (Å²) >= 11 is 7.49. The molecule has 2 amide bonds. The Labute approximate surface area is 208 Å². The molecule has 1 N–H and O–H groups in total. The minimum Gasteiger partial charge on any atom is -0.328 e. The molecule has 1 aliphatic rings. The third kappa shape index (κ3) is 5.13.